The maximum absolute atomic E-state index is 12.2. The maximum atomic E-state index is 12.2. The van der Waals surface area contributed by atoms with Gasteiger partial charge in [0.25, 0.3) is 5.91 Å². The molecular formula is C13H14Cl2N2O2. The Hall–Kier alpha value is -0.970. The van der Waals surface area contributed by atoms with Crippen LogP contribution < -0.4 is 5.73 Å². The van der Waals surface area contributed by atoms with Gasteiger partial charge in [-0.25, -0.2) is 0 Å². The monoisotopic (exact) mass is 300 g/mol. The number of nitrogens with two attached hydrogens (primary N) is 1. The Morgan fingerprint density at radius 2 is 2.00 bits per heavy atom. The van der Waals surface area contributed by atoms with E-state index in [9.17, 15) is 9.90 Å². The third kappa shape index (κ3) is 2.18. The molecule has 1 aliphatic carbocycles. The molecule has 1 amide bonds. The van der Waals surface area contributed by atoms with Crippen LogP contribution >= 0.6 is 23.2 Å². The largest absolute Gasteiger partial charge is 0.397 e. The van der Waals surface area contributed by atoms with Crippen LogP contribution in [0.4, 0.5) is 5.69 Å². The number of rotatable bonds is 2. The van der Waals surface area contributed by atoms with Crippen LogP contribution in [0.3, 0.4) is 0 Å². The first-order chi connectivity index (χ1) is 8.90. The molecule has 6 heteroatoms. The lowest BCUT2D eigenvalue weighted by molar-refractivity contribution is -0.0958. The molecule has 0 aromatic heterocycles. The number of β-amino-alcohol motifs (C(OH)–C–C–N with tert-alkyl or cyclic N) is 1. The van der Waals surface area contributed by atoms with Gasteiger partial charge in [0.05, 0.1) is 28.8 Å². The first-order valence-electron chi connectivity index (χ1n) is 6.17. The van der Waals surface area contributed by atoms with Crippen LogP contribution in [0.25, 0.3) is 0 Å². The smallest absolute Gasteiger partial charge is 0.254 e. The lowest BCUT2D eigenvalue weighted by Gasteiger charge is -2.47. The number of hydrogen-bond acceptors (Lipinski definition) is 3. The van der Waals surface area contributed by atoms with E-state index in [4.69, 9.17) is 28.9 Å². The van der Waals surface area contributed by atoms with Gasteiger partial charge in [0.2, 0.25) is 0 Å². The molecule has 3 rings (SSSR count). The van der Waals surface area contributed by atoms with Crippen molar-refractivity contribution >= 4 is 34.8 Å². The van der Waals surface area contributed by atoms with Crippen LogP contribution in [0.2, 0.25) is 10.0 Å². The second-order valence-corrected chi connectivity index (χ2v) is 6.19. The minimum Gasteiger partial charge on any atom is -0.397 e. The molecule has 2 aliphatic rings. The summed E-state index contributed by atoms with van der Waals surface area (Å²) in [6.45, 7) is 0.771. The third-order valence-electron chi connectivity index (χ3n) is 3.86. The first kappa shape index (κ1) is 13.0. The normalized spacial score (nSPS) is 21.1. The van der Waals surface area contributed by atoms with Gasteiger partial charge in [-0.2, -0.15) is 0 Å². The summed E-state index contributed by atoms with van der Waals surface area (Å²) in [6.07, 6.45) is 2.11. The molecule has 19 heavy (non-hydrogen) atoms. The number of likely N-dealkylation sites (tertiary alicyclic amines) is 1. The molecule has 1 aromatic carbocycles. The molecule has 4 nitrogen and oxygen atoms in total. The summed E-state index contributed by atoms with van der Waals surface area (Å²) in [7, 11) is 0. The number of carbonyl (C=O) groups is 1. The minimum absolute atomic E-state index is 0.171. The third-order valence-corrected chi connectivity index (χ3v) is 4.67. The fourth-order valence-electron chi connectivity index (χ4n) is 2.55. The van der Waals surface area contributed by atoms with Gasteiger partial charge >= 0.3 is 0 Å². The van der Waals surface area contributed by atoms with E-state index >= 15 is 0 Å². The Morgan fingerprint density at radius 1 is 1.37 bits per heavy atom. The second kappa shape index (κ2) is 4.27. The van der Waals surface area contributed by atoms with Crippen molar-refractivity contribution < 1.29 is 9.90 Å². The fourth-order valence-corrected chi connectivity index (χ4v) is 2.89. The molecule has 102 valence electrons. The van der Waals surface area contributed by atoms with E-state index in [0.717, 1.165) is 12.8 Å². The second-order valence-electron chi connectivity index (χ2n) is 5.40. The summed E-state index contributed by atoms with van der Waals surface area (Å²) in [5, 5.41) is 10.7. The Bertz CT molecular complexity index is 529. The molecule has 1 saturated carbocycles. The van der Waals surface area contributed by atoms with Crippen LogP contribution in [0, 0.1) is 5.92 Å². The fraction of sp³-hybridized carbons (Fsp3) is 0.462. The number of nitrogen functional groups attached to an aromatic ring is 1. The predicted molar refractivity (Wildman–Crippen MR) is 74.5 cm³/mol. The summed E-state index contributed by atoms with van der Waals surface area (Å²) >= 11 is 11.8. The molecular weight excluding hydrogens is 287 g/mol. The van der Waals surface area contributed by atoms with E-state index in [0.29, 0.717) is 24.6 Å². The summed E-state index contributed by atoms with van der Waals surface area (Å²) in [4.78, 5) is 13.8. The molecule has 3 N–H and O–H groups in total. The molecule has 1 aromatic rings. The molecule has 2 fully saturated rings. The number of carbonyl (C=O) groups excluding carboxylic acids is 1. The van der Waals surface area contributed by atoms with E-state index in [1.165, 1.54) is 12.1 Å². The Balaban J connectivity index is 1.75. The average molecular weight is 301 g/mol. The highest BCUT2D eigenvalue weighted by molar-refractivity contribution is 6.43. The molecule has 0 unspecified atom stereocenters. The van der Waals surface area contributed by atoms with Gasteiger partial charge in [0.1, 0.15) is 5.60 Å². The van der Waals surface area contributed by atoms with Crippen molar-refractivity contribution in [1.29, 1.82) is 0 Å². The summed E-state index contributed by atoms with van der Waals surface area (Å²) < 4.78 is 0. The van der Waals surface area contributed by atoms with Crippen LogP contribution in [0.5, 0.6) is 0 Å². The van der Waals surface area contributed by atoms with Gasteiger partial charge in [0, 0.05) is 5.56 Å². The van der Waals surface area contributed by atoms with E-state index in [1.54, 1.807) is 4.90 Å². The number of amides is 1. The minimum atomic E-state index is -0.683. The lowest BCUT2D eigenvalue weighted by Crippen LogP contribution is -2.64. The Kier molecular flexibility index (Phi) is 2.93. The molecule has 1 aliphatic heterocycles. The van der Waals surface area contributed by atoms with E-state index in [1.807, 2.05) is 0 Å². The summed E-state index contributed by atoms with van der Waals surface area (Å²) in [6, 6.07) is 3.03. The Labute approximate surface area is 121 Å². The van der Waals surface area contributed by atoms with Gasteiger partial charge in [-0.15, -0.1) is 0 Å². The zero-order chi connectivity index (χ0) is 13.8. The quantitative estimate of drug-likeness (QED) is 0.823. The van der Waals surface area contributed by atoms with E-state index in [2.05, 4.69) is 0 Å². The van der Waals surface area contributed by atoms with Crippen LogP contribution in [-0.4, -0.2) is 34.6 Å². The predicted octanol–water partition coefficient (Wildman–Crippen LogP) is 2.17. The molecule has 0 atom stereocenters. The average Bonchev–Trinajstić information content (AvgIpc) is 3.14. The van der Waals surface area contributed by atoms with Crippen molar-refractivity contribution in [2.24, 2.45) is 5.92 Å². The number of aliphatic hydroxyl groups is 1. The highest BCUT2D eigenvalue weighted by atomic mass is 35.5. The first-order valence-corrected chi connectivity index (χ1v) is 6.92. The topological polar surface area (TPSA) is 66.6 Å². The highest BCUT2D eigenvalue weighted by Gasteiger charge is 2.53. The van der Waals surface area contributed by atoms with Crippen molar-refractivity contribution in [1.82, 2.24) is 4.90 Å². The number of halogens is 2. The van der Waals surface area contributed by atoms with Gasteiger partial charge in [-0.1, -0.05) is 23.2 Å². The molecule has 0 radical (unpaired) electrons. The molecule has 0 bridgehead atoms. The van der Waals surface area contributed by atoms with Crippen LogP contribution in [0.1, 0.15) is 23.2 Å². The van der Waals surface area contributed by atoms with Crippen molar-refractivity contribution in [3.8, 4) is 0 Å². The Morgan fingerprint density at radius 3 is 2.53 bits per heavy atom. The maximum Gasteiger partial charge on any atom is 0.254 e. The zero-order valence-electron chi connectivity index (χ0n) is 10.2. The lowest BCUT2D eigenvalue weighted by atomic mass is 9.88. The molecule has 0 spiro atoms. The number of benzene rings is 1. The van der Waals surface area contributed by atoms with Crippen LogP contribution in [0.15, 0.2) is 12.1 Å². The van der Waals surface area contributed by atoms with Crippen molar-refractivity contribution in [3.63, 3.8) is 0 Å². The van der Waals surface area contributed by atoms with Crippen molar-refractivity contribution in [2.75, 3.05) is 18.8 Å². The van der Waals surface area contributed by atoms with Gasteiger partial charge in [-0.05, 0) is 30.9 Å². The summed E-state index contributed by atoms with van der Waals surface area (Å²) in [5.74, 6) is 0.186. The van der Waals surface area contributed by atoms with Gasteiger partial charge < -0.3 is 15.7 Å². The summed E-state index contributed by atoms with van der Waals surface area (Å²) in [5.41, 5.74) is 5.71. The van der Waals surface area contributed by atoms with Gasteiger partial charge in [0.15, 0.2) is 0 Å². The molecule has 1 saturated heterocycles. The molecule has 1 heterocycles. The van der Waals surface area contributed by atoms with Crippen molar-refractivity contribution in [2.45, 2.75) is 18.4 Å². The van der Waals surface area contributed by atoms with Crippen LogP contribution in [-0.2, 0) is 0 Å². The SMILES string of the molecule is Nc1cc(C(=O)N2CC(O)(C3CC3)C2)cc(Cl)c1Cl. The number of anilines is 1. The van der Waals surface area contributed by atoms with E-state index < -0.39 is 5.60 Å². The van der Waals surface area contributed by atoms with Crippen molar-refractivity contribution in [3.05, 3.63) is 27.7 Å². The highest BCUT2D eigenvalue weighted by Crippen LogP contribution is 2.45. The number of hydrogen-bond donors (Lipinski definition) is 2. The number of nitrogens with zero attached hydrogens (tertiary/aromatic N) is 1. The van der Waals surface area contributed by atoms with Gasteiger partial charge in [-0.3, -0.25) is 4.79 Å². The standard InChI is InChI=1S/C13H14Cl2N2O2/c14-9-3-7(4-10(16)11(9)15)12(18)17-5-13(19,6-17)8-1-2-8/h3-4,8,19H,1-2,5-6,16H2. The zero-order valence-corrected chi connectivity index (χ0v) is 11.7. The van der Waals surface area contributed by atoms with E-state index in [-0.39, 0.29) is 21.6 Å².